The predicted octanol–water partition coefficient (Wildman–Crippen LogP) is 1.96. The Bertz CT molecular complexity index is 1270. The number of nitrogens with two attached hydrogens (primary N) is 1. The number of ether oxygens (including phenoxy) is 1. The van der Waals surface area contributed by atoms with E-state index in [1.165, 1.54) is 9.80 Å². The first-order valence-electron chi connectivity index (χ1n) is 15.0. The Balaban J connectivity index is 1.41. The Labute approximate surface area is 246 Å². The quantitative estimate of drug-likeness (QED) is 0.406. The average molecular weight is 582 g/mol. The van der Waals surface area contributed by atoms with Crippen molar-refractivity contribution >= 4 is 29.7 Å². The third kappa shape index (κ3) is 6.24. The maximum Gasteiger partial charge on any atom is 0.408 e. The van der Waals surface area contributed by atoms with Crippen molar-refractivity contribution < 1.29 is 28.7 Å². The standard InChI is InChI=1S/C31H43N5O6/c1-30(2,3)42-29(41)34-22(13-18-9-10-18)26(38)35(4)23(14-19-11-12-19)27(39)36-17-31(15-24(36)25(32)37)21-8-6-5-7-20(21)16-33-28(31)40/h5-8,18-19,22-24H,9-17H2,1-4H3,(H2,32,37)(H,33,40)(H,34,41)/t22-,23-,24?,31?/m0/s1. The summed E-state index contributed by atoms with van der Waals surface area (Å²) in [4.78, 5) is 69.9. The maximum atomic E-state index is 14.4. The fourth-order valence-corrected chi connectivity index (χ4v) is 6.40. The van der Waals surface area contributed by atoms with Crippen LogP contribution < -0.4 is 16.4 Å². The zero-order valence-electron chi connectivity index (χ0n) is 25.0. The lowest BCUT2D eigenvalue weighted by Crippen LogP contribution is -2.57. The van der Waals surface area contributed by atoms with Gasteiger partial charge < -0.3 is 30.9 Å². The second-order valence-electron chi connectivity index (χ2n) is 13.5. The zero-order valence-corrected chi connectivity index (χ0v) is 25.0. The van der Waals surface area contributed by atoms with E-state index in [1.807, 2.05) is 24.3 Å². The normalized spacial score (nSPS) is 24.8. The number of rotatable bonds is 9. The van der Waals surface area contributed by atoms with Gasteiger partial charge in [-0.15, -0.1) is 0 Å². The highest BCUT2D eigenvalue weighted by Gasteiger charge is 2.56. The highest BCUT2D eigenvalue weighted by Crippen LogP contribution is 2.43. The number of alkyl carbamates (subject to hydrolysis) is 1. The van der Waals surface area contributed by atoms with E-state index in [0.717, 1.165) is 36.8 Å². The highest BCUT2D eigenvalue weighted by atomic mass is 16.6. The van der Waals surface area contributed by atoms with Crippen LogP contribution >= 0.6 is 0 Å². The highest BCUT2D eigenvalue weighted by molar-refractivity contribution is 5.98. The number of primary amides is 1. The molecule has 2 heterocycles. The van der Waals surface area contributed by atoms with E-state index in [0.29, 0.717) is 25.3 Å². The molecule has 42 heavy (non-hydrogen) atoms. The van der Waals surface area contributed by atoms with Gasteiger partial charge >= 0.3 is 6.09 Å². The Morgan fingerprint density at radius 2 is 1.76 bits per heavy atom. The van der Waals surface area contributed by atoms with Crippen LogP contribution in [-0.2, 0) is 35.9 Å². The third-order valence-corrected chi connectivity index (χ3v) is 8.99. The number of hydrogen-bond donors (Lipinski definition) is 3. The summed E-state index contributed by atoms with van der Waals surface area (Å²) < 4.78 is 5.42. The molecule has 2 unspecified atom stereocenters. The van der Waals surface area contributed by atoms with Gasteiger partial charge in [0.1, 0.15) is 23.7 Å². The molecular formula is C31H43N5O6. The molecule has 4 N–H and O–H groups in total. The summed E-state index contributed by atoms with van der Waals surface area (Å²) in [6.45, 7) is 5.63. The van der Waals surface area contributed by atoms with E-state index < -0.39 is 47.0 Å². The molecule has 4 aliphatic rings. The number of likely N-dealkylation sites (N-methyl/N-ethyl adjacent to an activating group) is 1. The topological polar surface area (TPSA) is 151 Å². The van der Waals surface area contributed by atoms with Crippen molar-refractivity contribution in [3.63, 3.8) is 0 Å². The molecule has 11 heteroatoms. The number of likely N-dealkylation sites (tertiary alicyclic amines) is 1. The summed E-state index contributed by atoms with van der Waals surface area (Å²) in [5.41, 5.74) is 5.74. The van der Waals surface area contributed by atoms with Gasteiger partial charge in [-0.3, -0.25) is 19.2 Å². The van der Waals surface area contributed by atoms with E-state index >= 15 is 0 Å². The Morgan fingerprint density at radius 3 is 2.38 bits per heavy atom. The Kier molecular flexibility index (Phi) is 7.98. The fraction of sp³-hybridized carbons (Fsp3) is 0.645. The van der Waals surface area contributed by atoms with Crippen LogP contribution in [0.15, 0.2) is 24.3 Å². The van der Waals surface area contributed by atoms with Crippen LogP contribution in [-0.4, -0.2) is 76.8 Å². The lowest BCUT2D eigenvalue weighted by molar-refractivity contribution is -0.148. The van der Waals surface area contributed by atoms with Gasteiger partial charge in [-0.2, -0.15) is 0 Å². The minimum absolute atomic E-state index is 0.00680. The summed E-state index contributed by atoms with van der Waals surface area (Å²) in [6, 6.07) is 4.83. The molecule has 11 nitrogen and oxygen atoms in total. The van der Waals surface area contributed by atoms with Gasteiger partial charge in [0.05, 0.1) is 5.41 Å². The SMILES string of the molecule is CN(C(=O)[C@H](CC1CC1)NC(=O)OC(C)(C)C)[C@@H](CC1CC1)C(=O)N1CC2(CC1C(N)=O)C(=O)NCc1ccccc12. The maximum absolute atomic E-state index is 14.4. The molecule has 1 aromatic carbocycles. The van der Waals surface area contributed by atoms with Gasteiger partial charge in [-0.25, -0.2) is 4.79 Å². The summed E-state index contributed by atoms with van der Waals surface area (Å²) in [5.74, 6) is -1.11. The van der Waals surface area contributed by atoms with Gasteiger partial charge in [0.25, 0.3) is 0 Å². The number of nitrogens with one attached hydrogen (secondary N) is 2. The first-order valence-corrected chi connectivity index (χ1v) is 15.0. The van der Waals surface area contributed by atoms with E-state index in [-0.39, 0.29) is 30.7 Å². The largest absolute Gasteiger partial charge is 0.444 e. The second-order valence-corrected chi connectivity index (χ2v) is 13.5. The molecule has 0 bridgehead atoms. The smallest absolute Gasteiger partial charge is 0.408 e. The molecule has 228 valence electrons. The lowest BCUT2D eigenvalue weighted by atomic mass is 9.73. The number of nitrogens with zero attached hydrogens (tertiary/aromatic N) is 2. The van der Waals surface area contributed by atoms with Crippen molar-refractivity contribution in [1.82, 2.24) is 20.4 Å². The van der Waals surface area contributed by atoms with Crippen molar-refractivity contribution in [2.24, 2.45) is 17.6 Å². The monoisotopic (exact) mass is 581 g/mol. The molecule has 2 aliphatic carbocycles. The van der Waals surface area contributed by atoms with Crippen LogP contribution in [0.5, 0.6) is 0 Å². The van der Waals surface area contributed by atoms with Crippen LogP contribution in [0.25, 0.3) is 0 Å². The molecule has 0 aromatic heterocycles. The number of carbonyl (C=O) groups excluding carboxylic acids is 5. The summed E-state index contributed by atoms with van der Waals surface area (Å²) in [6.07, 6.45) is 4.15. The minimum Gasteiger partial charge on any atom is -0.444 e. The number of fused-ring (bicyclic) bond motifs is 2. The third-order valence-electron chi connectivity index (χ3n) is 8.99. The van der Waals surface area contributed by atoms with Crippen molar-refractivity contribution in [2.75, 3.05) is 13.6 Å². The average Bonchev–Trinajstić information content (AvgIpc) is 3.86. The van der Waals surface area contributed by atoms with Gasteiger partial charge in [-0.05, 0) is 63.0 Å². The van der Waals surface area contributed by atoms with Crippen molar-refractivity contribution in [2.45, 2.75) is 101 Å². The summed E-state index contributed by atoms with van der Waals surface area (Å²) in [5, 5.41) is 5.67. The van der Waals surface area contributed by atoms with Crippen LogP contribution in [0.4, 0.5) is 4.79 Å². The molecule has 2 saturated carbocycles. The van der Waals surface area contributed by atoms with Gasteiger partial charge in [0.2, 0.25) is 23.6 Å². The Morgan fingerprint density at radius 1 is 1.12 bits per heavy atom. The molecule has 1 aromatic rings. The molecular weight excluding hydrogens is 538 g/mol. The zero-order chi connectivity index (χ0) is 30.4. The van der Waals surface area contributed by atoms with Crippen LogP contribution in [0.1, 0.15) is 76.8 Å². The van der Waals surface area contributed by atoms with Gasteiger partial charge in [0, 0.05) is 20.1 Å². The van der Waals surface area contributed by atoms with Gasteiger partial charge in [-0.1, -0.05) is 49.9 Å². The van der Waals surface area contributed by atoms with E-state index in [1.54, 1.807) is 27.8 Å². The van der Waals surface area contributed by atoms with Crippen molar-refractivity contribution in [1.29, 1.82) is 0 Å². The first-order chi connectivity index (χ1) is 19.8. The summed E-state index contributed by atoms with van der Waals surface area (Å²) >= 11 is 0. The summed E-state index contributed by atoms with van der Waals surface area (Å²) in [7, 11) is 1.58. The van der Waals surface area contributed by atoms with E-state index in [2.05, 4.69) is 10.6 Å². The molecule has 5 amide bonds. The van der Waals surface area contributed by atoms with Gasteiger partial charge in [0.15, 0.2) is 0 Å². The molecule has 5 rings (SSSR count). The van der Waals surface area contributed by atoms with Crippen LogP contribution in [0.3, 0.4) is 0 Å². The number of amides is 5. The molecule has 0 radical (unpaired) electrons. The number of hydrogen-bond acceptors (Lipinski definition) is 6. The molecule has 3 fully saturated rings. The second kappa shape index (κ2) is 11.2. The molecule has 4 atom stereocenters. The number of benzene rings is 1. The van der Waals surface area contributed by atoms with E-state index in [4.69, 9.17) is 10.5 Å². The Hall–Kier alpha value is -3.63. The predicted molar refractivity (Wildman–Crippen MR) is 154 cm³/mol. The molecule has 1 saturated heterocycles. The number of carbonyl (C=O) groups is 5. The first kappa shape index (κ1) is 29.8. The lowest BCUT2D eigenvalue weighted by Gasteiger charge is -2.36. The van der Waals surface area contributed by atoms with Crippen molar-refractivity contribution in [3.05, 3.63) is 35.4 Å². The fourth-order valence-electron chi connectivity index (χ4n) is 6.40. The minimum atomic E-state index is -1.11. The van der Waals surface area contributed by atoms with E-state index in [9.17, 15) is 24.0 Å². The van der Waals surface area contributed by atoms with Crippen molar-refractivity contribution in [3.8, 4) is 0 Å². The molecule has 1 spiro atoms. The van der Waals surface area contributed by atoms with Crippen LogP contribution in [0, 0.1) is 11.8 Å². The van der Waals surface area contributed by atoms with Crippen LogP contribution in [0.2, 0.25) is 0 Å². The molecule has 2 aliphatic heterocycles.